The molecule has 0 spiro atoms. The Morgan fingerprint density at radius 2 is 2.00 bits per heavy atom. The molecule has 1 aromatic heterocycles. The van der Waals surface area contributed by atoms with Gasteiger partial charge < -0.3 is 10.1 Å². The summed E-state index contributed by atoms with van der Waals surface area (Å²) in [5.41, 5.74) is 2.85. The molecule has 1 aliphatic carbocycles. The molecule has 1 saturated carbocycles. The van der Waals surface area contributed by atoms with Crippen molar-refractivity contribution in [1.29, 1.82) is 0 Å². The Morgan fingerprint density at radius 1 is 1.32 bits per heavy atom. The summed E-state index contributed by atoms with van der Waals surface area (Å²) in [5, 5.41) is 3.22. The Morgan fingerprint density at radius 3 is 2.58 bits per heavy atom. The lowest BCUT2D eigenvalue weighted by molar-refractivity contribution is 0.292. The van der Waals surface area contributed by atoms with Gasteiger partial charge in [0.2, 0.25) is 11.9 Å². The van der Waals surface area contributed by atoms with E-state index in [2.05, 4.69) is 39.5 Å². The molecule has 0 aromatic carbocycles. The molecule has 0 radical (unpaired) electrons. The molecule has 0 saturated heterocycles. The molecule has 7 heteroatoms. The number of aromatic nitrogens is 3. The standard InChI is InChI=1S/C12H22N6O/c1-4-5-19-11-16-9(15-10(17-11)18-13)14-7-8-6-12(8,2)3/h8H,4-7,13H2,1-3H3,(H2,14,15,16,17,18). The minimum atomic E-state index is 0.294. The monoisotopic (exact) mass is 266 g/mol. The van der Waals surface area contributed by atoms with Crippen molar-refractivity contribution in [1.82, 2.24) is 15.0 Å². The van der Waals surface area contributed by atoms with Gasteiger partial charge in [-0.3, -0.25) is 5.43 Å². The molecule has 1 unspecified atom stereocenters. The maximum absolute atomic E-state index is 5.40. The summed E-state index contributed by atoms with van der Waals surface area (Å²) in [5.74, 6) is 6.81. The van der Waals surface area contributed by atoms with E-state index in [-0.39, 0.29) is 0 Å². The van der Waals surface area contributed by atoms with Crippen LogP contribution in [0.4, 0.5) is 11.9 Å². The predicted molar refractivity (Wildman–Crippen MR) is 73.8 cm³/mol. The van der Waals surface area contributed by atoms with Crippen molar-refractivity contribution in [2.24, 2.45) is 17.2 Å². The Bertz CT molecular complexity index is 436. The summed E-state index contributed by atoms with van der Waals surface area (Å²) in [7, 11) is 0. The van der Waals surface area contributed by atoms with Crippen LogP contribution in [0.5, 0.6) is 6.01 Å². The number of nitrogens with one attached hydrogen (secondary N) is 2. The molecule has 0 amide bonds. The first-order valence-electron chi connectivity index (χ1n) is 6.64. The van der Waals surface area contributed by atoms with E-state index < -0.39 is 0 Å². The number of hydrazine groups is 1. The highest BCUT2D eigenvalue weighted by Gasteiger charge is 2.45. The van der Waals surface area contributed by atoms with Crippen molar-refractivity contribution < 1.29 is 4.74 Å². The molecule has 1 atom stereocenters. The molecule has 0 aliphatic heterocycles. The predicted octanol–water partition coefficient (Wildman–Crippen LogP) is 1.40. The highest BCUT2D eigenvalue weighted by atomic mass is 16.5. The number of nitrogens with two attached hydrogens (primary N) is 1. The second kappa shape index (κ2) is 5.56. The molecule has 1 fully saturated rings. The van der Waals surface area contributed by atoms with Crippen LogP contribution in [0.1, 0.15) is 33.6 Å². The molecule has 0 bridgehead atoms. The number of ether oxygens (including phenoxy) is 1. The second-order valence-electron chi connectivity index (χ2n) is 5.53. The zero-order valence-electron chi connectivity index (χ0n) is 11.7. The first-order chi connectivity index (χ1) is 9.05. The van der Waals surface area contributed by atoms with E-state index in [1.54, 1.807) is 0 Å². The number of hydrogen-bond donors (Lipinski definition) is 3. The van der Waals surface area contributed by atoms with Gasteiger partial charge in [0.25, 0.3) is 0 Å². The lowest BCUT2D eigenvalue weighted by Crippen LogP contribution is -2.16. The van der Waals surface area contributed by atoms with Crippen LogP contribution >= 0.6 is 0 Å². The SMILES string of the molecule is CCCOc1nc(NN)nc(NCC2CC2(C)C)n1. The van der Waals surface area contributed by atoms with Gasteiger partial charge in [-0.15, -0.1) is 0 Å². The van der Waals surface area contributed by atoms with Crippen molar-refractivity contribution >= 4 is 11.9 Å². The molecule has 1 aromatic rings. The molecule has 1 heterocycles. The number of hydrogen-bond acceptors (Lipinski definition) is 7. The van der Waals surface area contributed by atoms with E-state index in [0.29, 0.717) is 35.8 Å². The van der Waals surface area contributed by atoms with Gasteiger partial charge >= 0.3 is 6.01 Å². The molecule has 7 nitrogen and oxygen atoms in total. The van der Waals surface area contributed by atoms with Gasteiger partial charge in [0.1, 0.15) is 0 Å². The molecule has 106 valence electrons. The Balaban J connectivity index is 1.98. The normalized spacial score (nSPS) is 19.9. The minimum Gasteiger partial charge on any atom is -0.463 e. The number of nitrogen functional groups attached to an aromatic ring is 1. The van der Waals surface area contributed by atoms with Crippen molar-refractivity contribution in [2.45, 2.75) is 33.6 Å². The molecule has 1 aliphatic rings. The summed E-state index contributed by atoms with van der Waals surface area (Å²) in [4.78, 5) is 12.4. The highest BCUT2D eigenvalue weighted by molar-refractivity contribution is 5.35. The maximum Gasteiger partial charge on any atom is 0.323 e. The zero-order valence-corrected chi connectivity index (χ0v) is 11.7. The topological polar surface area (TPSA) is 98.0 Å². The van der Waals surface area contributed by atoms with E-state index in [4.69, 9.17) is 10.6 Å². The maximum atomic E-state index is 5.40. The van der Waals surface area contributed by atoms with E-state index >= 15 is 0 Å². The molecule has 4 N–H and O–H groups in total. The summed E-state index contributed by atoms with van der Waals surface area (Å²) >= 11 is 0. The van der Waals surface area contributed by atoms with Crippen LogP contribution < -0.4 is 21.3 Å². The van der Waals surface area contributed by atoms with E-state index in [0.717, 1.165) is 13.0 Å². The minimum absolute atomic E-state index is 0.294. The Kier molecular flexibility index (Phi) is 4.04. The number of anilines is 2. The largest absolute Gasteiger partial charge is 0.463 e. The Hall–Kier alpha value is -1.63. The van der Waals surface area contributed by atoms with Crippen LogP contribution in [0.2, 0.25) is 0 Å². The van der Waals surface area contributed by atoms with Crippen LogP contribution in [0.3, 0.4) is 0 Å². The summed E-state index contributed by atoms with van der Waals surface area (Å²) < 4.78 is 5.40. The molecular formula is C12H22N6O. The van der Waals surface area contributed by atoms with Gasteiger partial charge in [-0.2, -0.15) is 15.0 Å². The average molecular weight is 266 g/mol. The summed E-state index contributed by atoms with van der Waals surface area (Å²) in [6, 6.07) is 0.294. The fourth-order valence-electron chi connectivity index (χ4n) is 1.90. The molecule has 2 rings (SSSR count). The highest BCUT2D eigenvalue weighted by Crippen LogP contribution is 2.51. The van der Waals surface area contributed by atoms with Crippen LogP contribution in [0, 0.1) is 11.3 Å². The van der Waals surface area contributed by atoms with Crippen molar-refractivity contribution in [3.63, 3.8) is 0 Å². The van der Waals surface area contributed by atoms with Gasteiger partial charge in [-0.1, -0.05) is 20.8 Å². The summed E-state index contributed by atoms with van der Waals surface area (Å²) in [6.45, 7) is 7.97. The van der Waals surface area contributed by atoms with Gasteiger partial charge in [-0.25, -0.2) is 5.84 Å². The van der Waals surface area contributed by atoms with E-state index in [1.165, 1.54) is 6.42 Å². The zero-order chi connectivity index (χ0) is 13.9. The fraction of sp³-hybridized carbons (Fsp3) is 0.750. The first kappa shape index (κ1) is 13.8. The third kappa shape index (κ3) is 3.66. The number of rotatable bonds is 7. The van der Waals surface area contributed by atoms with E-state index in [9.17, 15) is 0 Å². The third-order valence-electron chi connectivity index (χ3n) is 3.40. The quantitative estimate of drug-likeness (QED) is 0.507. The summed E-state index contributed by atoms with van der Waals surface area (Å²) in [6.07, 6.45) is 2.13. The molecular weight excluding hydrogens is 244 g/mol. The molecule has 19 heavy (non-hydrogen) atoms. The van der Waals surface area contributed by atoms with Gasteiger partial charge in [-0.05, 0) is 24.2 Å². The van der Waals surface area contributed by atoms with Gasteiger partial charge in [0.15, 0.2) is 0 Å². The fourth-order valence-corrected chi connectivity index (χ4v) is 1.90. The van der Waals surface area contributed by atoms with Gasteiger partial charge in [0, 0.05) is 6.54 Å². The third-order valence-corrected chi connectivity index (χ3v) is 3.40. The lowest BCUT2D eigenvalue weighted by Gasteiger charge is -2.09. The van der Waals surface area contributed by atoms with Crippen molar-refractivity contribution in [2.75, 3.05) is 23.9 Å². The second-order valence-corrected chi connectivity index (χ2v) is 5.53. The van der Waals surface area contributed by atoms with Crippen LogP contribution in [0.25, 0.3) is 0 Å². The number of nitrogens with zero attached hydrogens (tertiary/aromatic N) is 3. The van der Waals surface area contributed by atoms with Gasteiger partial charge in [0.05, 0.1) is 6.61 Å². The lowest BCUT2D eigenvalue weighted by atomic mass is 10.1. The van der Waals surface area contributed by atoms with Crippen molar-refractivity contribution in [3.05, 3.63) is 0 Å². The van der Waals surface area contributed by atoms with Crippen LogP contribution in [-0.4, -0.2) is 28.1 Å². The van der Waals surface area contributed by atoms with E-state index in [1.807, 2.05) is 6.92 Å². The first-order valence-corrected chi connectivity index (χ1v) is 6.64. The Labute approximate surface area is 113 Å². The smallest absolute Gasteiger partial charge is 0.323 e. The van der Waals surface area contributed by atoms with Crippen LogP contribution in [-0.2, 0) is 0 Å². The van der Waals surface area contributed by atoms with Crippen LogP contribution in [0.15, 0.2) is 0 Å². The van der Waals surface area contributed by atoms with Crippen molar-refractivity contribution in [3.8, 4) is 6.01 Å². The average Bonchev–Trinajstić information content (AvgIpc) is 3.01.